The van der Waals surface area contributed by atoms with Crippen LogP contribution in [0.5, 0.6) is 11.5 Å². The number of methoxy groups -OCH3 is 1. The van der Waals surface area contributed by atoms with Crippen molar-refractivity contribution in [2.75, 3.05) is 26.5 Å². The molecule has 0 aliphatic carbocycles. The quantitative estimate of drug-likeness (QED) is 0.769. The van der Waals surface area contributed by atoms with Crippen LogP contribution >= 0.6 is 11.8 Å². The second kappa shape index (κ2) is 7.16. The van der Waals surface area contributed by atoms with Gasteiger partial charge in [0, 0.05) is 13.1 Å². The van der Waals surface area contributed by atoms with Crippen molar-refractivity contribution in [2.24, 2.45) is 0 Å². The third-order valence-corrected chi connectivity index (χ3v) is 3.35. The van der Waals surface area contributed by atoms with Crippen LogP contribution in [0.2, 0.25) is 0 Å². The van der Waals surface area contributed by atoms with Crippen LogP contribution in [-0.2, 0) is 0 Å². The van der Waals surface area contributed by atoms with Gasteiger partial charge in [-0.25, -0.2) is 4.79 Å². The highest BCUT2D eigenvalue weighted by Gasteiger charge is 2.17. The summed E-state index contributed by atoms with van der Waals surface area (Å²) in [4.78, 5) is 14.5. The molecule has 0 saturated carbocycles. The largest absolute Gasteiger partial charge is 0.493 e. The summed E-state index contributed by atoms with van der Waals surface area (Å²) in [5.74, 6) is 1.06. The molecule has 0 aliphatic heterocycles. The lowest BCUT2D eigenvalue weighted by Crippen LogP contribution is -2.33. The lowest BCUT2D eigenvalue weighted by molar-refractivity contribution is 0.154. The standard InChI is InChI=1S/C13H19NO3S/c1-5-14(6-2)13(15)17-12-10(16-3)8-7-9-11(12)18-4/h7-9H,5-6H2,1-4H3. The molecule has 1 rings (SSSR count). The Morgan fingerprint density at radius 3 is 2.50 bits per heavy atom. The first-order valence-corrected chi connectivity index (χ1v) is 7.08. The predicted molar refractivity (Wildman–Crippen MR) is 73.7 cm³/mol. The fourth-order valence-electron chi connectivity index (χ4n) is 1.55. The third kappa shape index (κ3) is 3.32. The van der Waals surface area contributed by atoms with Crippen molar-refractivity contribution in [2.45, 2.75) is 18.7 Å². The number of carbonyl (C=O) groups excluding carboxylic acids is 1. The van der Waals surface area contributed by atoms with Gasteiger partial charge in [-0.2, -0.15) is 0 Å². The highest BCUT2D eigenvalue weighted by atomic mass is 32.2. The summed E-state index contributed by atoms with van der Waals surface area (Å²) >= 11 is 1.52. The molecule has 18 heavy (non-hydrogen) atoms. The Morgan fingerprint density at radius 2 is 2.00 bits per heavy atom. The molecule has 0 N–H and O–H groups in total. The van der Waals surface area contributed by atoms with E-state index in [1.807, 2.05) is 32.2 Å². The molecule has 1 aromatic rings. The zero-order chi connectivity index (χ0) is 13.5. The summed E-state index contributed by atoms with van der Waals surface area (Å²) in [6.45, 7) is 5.09. The zero-order valence-corrected chi connectivity index (χ0v) is 12.0. The van der Waals surface area contributed by atoms with Gasteiger partial charge < -0.3 is 14.4 Å². The van der Waals surface area contributed by atoms with E-state index in [1.165, 1.54) is 11.8 Å². The lowest BCUT2D eigenvalue weighted by atomic mass is 10.3. The van der Waals surface area contributed by atoms with Gasteiger partial charge >= 0.3 is 6.09 Å². The molecule has 1 amide bonds. The minimum atomic E-state index is -0.347. The molecule has 5 heteroatoms. The molecule has 0 aliphatic rings. The fourth-order valence-corrected chi connectivity index (χ4v) is 2.09. The summed E-state index contributed by atoms with van der Waals surface area (Å²) in [5.41, 5.74) is 0. The van der Waals surface area contributed by atoms with Crippen LogP contribution in [-0.4, -0.2) is 37.4 Å². The van der Waals surface area contributed by atoms with Gasteiger partial charge in [-0.1, -0.05) is 6.07 Å². The second-order valence-electron chi connectivity index (χ2n) is 3.53. The maximum atomic E-state index is 11.9. The van der Waals surface area contributed by atoms with Crippen LogP contribution in [0, 0.1) is 0 Å². The first-order valence-electron chi connectivity index (χ1n) is 5.85. The van der Waals surface area contributed by atoms with Crippen molar-refractivity contribution in [3.63, 3.8) is 0 Å². The first-order chi connectivity index (χ1) is 8.67. The van der Waals surface area contributed by atoms with E-state index >= 15 is 0 Å². The van der Waals surface area contributed by atoms with Crippen molar-refractivity contribution < 1.29 is 14.3 Å². The molecule has 4 nitrogen and oxygen atoms in total. The maximum absolute atomic E-state index is 11.9. The van der Waals surface area contributed by atoms with Gasteiger partial charge in [-0.15, -0.1) is 11.8 Å². The molecule has 0 bridgehead atoms. The Balaban J connectivity index is 2.98. The van der Waals surface area contributed by atoms with Crippen LogP contribution in [0.1, 0.15) is 13.8 Å². The molecule has 0 fully saturated rings. The van der Waals surface area contributed by atoms with Gasteiger partial charge in [-0.3, -0.25) is 0 Å². The summed E-state index contributed by atoms with van der Waals surface area (Å²) in [7, 11) is 1.56. The molecule has 0 spiro atoms. The molecule has 0 unspecified atom stereocenters. The molecular weight excluding hydrogens is 250 g/mol. The second-order valence-corrected chi connectivity index (χ2v) is 4.38. The summed E-state index contributed by atoms with van der Waals surface area (Å²) in [6.07, 6.45) is 1.59. The van der Waals surface area contributed by atoms with E-state index in [0.29, 0.717) is 24.6 Å². The van der Waals surface area contributed by atoms with Gasteiger partial charge in [0.1, 0.15) is 0 Å². The highest BCUT2D eigenvalue weighted by Crippen LogP contribution is 2.36. The Kier molecular flexibility index (Phi) is 5.85. The Morgan fingerprint density at radius 1 is 1.33 bits per heavy atom. The van der Waals surface area contributed by atoms with Crippen molar-refractivity contribution in [1.29, 1.82) is 0 Å². The van der Waals surface area contributed by atoms with Crippen LogP contribution < -0.4 is 9.47 Å². The molecule has 0 saturated heterocycles. The van der Waals surface area contributed by atoms with E-state index in [4.69, 9.17) is 9.47 Å². The van der Waals surface area contributed by atoms with Gasteiger partial charge in [0.25, 0.3) is 0 Å². The Bertz CT molecular complexity index is 383. The van der Waals surface area contributed by atoms with Crippen molar-refractivity contribution >= 4 is 17.9 Å². The number of benzene rings is 1. The minimum Gasteiger partial charge on any atom is -0.493 e. The maximum Gasteiger partial charge on any atom is 0.415 e. The number of hydrogen-bond acceptors (Lipinski definition) is 4. The van der Waals surface area contributed by atoms with Crippen LogP contribution in [0.3, 0.4) is 0 Å². The van der Waals surface area contributed by atoms with Gasteiger partial charge in [0.15, 0.2) is 11.5 Å². The molecule has 100 valence electrons. The van der Waals surface area contributed by atoms with Gasteiger partial charge in [-0.05, 0) is 32.2 Å². The number of rotatable bonds is 5. The fraction of sp³-hybridized carbons (Fsp3) is 0.462. The molecule has 0 aromatic heterocycles. The van der Waals surface area contributed by atoms with Gasteiger partial charge in [0.2, 0.25) is 0 Å². The highest BCUT2D eigenvalue weighted by molar-refractivity contribution is 7.98. The SMILES string of the molecule is CCN(CC)C(=O)Oc1c(OC)cccc1SC. The molecule has 0 atom stereocenters. The summed E-state index contributed by atoms with van der Waals surface area (Å²) in [6, 6.07) is 5.56. The Hall–Kier alpha value is -1.36. The van der Waals surface area contributed by atoms with E-state index in [-0.39, 0.29) is 6.09 Å². The van der Waals surface area contributed by atoms with Crippen molar-refractivity contribution in [1.82, 2.24) is 4.90 Å². The Labute approximate surface area is 112 Å². The van der Waals surface area contributed by atoms with E-state index in [2.05, 4.69) is 0 Å². The average Bonchev–Trinajstić information content (AvgIpc) is 2.40. The van der Waals surface area contributed by atoms with Crippen molar-refractivity contribution in [3.8, 4) is 11.5 Å². The normalized spacial score (nSPS) is 10.0. The number of para-hydroxylation sites is 1. The lowest BCUT2D eigenvalue weighted by Gasteiger charge is -2.19. The van der Waals surface area contributed by atoms with Crippen molar-refractivity contribution in [3.05, 3.63) is 18.2 Å². The molecule has 1 aromatic carbocycles. The molecule has 0 radical (unpaired) electrons. The van der Waals surface area contributed by atoms with E-state index in [0.717, 1.165) is 4.90 Å². The minimum absolute atomic E-state index is 0.347. The number of amides is 1. The summed E-state index contributed by atoms with van der Waals surface area (Å²) in [5, 5.41) is 0. The van der Waals surface area contributed by atoms with E-state index in [1.54, 1.807) is 18.1 Å². The van der Waals surface area contributed by atoms with Crippen LogP contribution in [0.4, 0.5) is 4.79 Å². The molecule has 0 heterocycles. The molecular formula is C13H19NO3S. The zero-order valence-electron chi connectivity index (χ0n) is 11.2. The summed E-state index contributed by atoms with van der Waals surface area (Å²) < 4.78 is 10.7. The predicted octanol–water partition coefficient (Wildman–Crippen LogP) is 3.26. The average molecular weight is 269 g/mol. The monoisotopic (exact) mass is 269 g/mol. The number of hydrogen-bond donors (Lipinski definition) is 0. The van der Waals surface area contributed by atoms with Crippen LogP contribution in [0.15, 0.2) is 23.1 Å². The smallest absolute Gasteiger partial charge is 0.415 e. The number of thioether (sulfide) groups is 1. The topological polar surface area (TPSA) is 38.8 Å². The first kappa shape index (κ1) is 14.7. The number of nitrogens with zero attached hydrogens (tertiary/aromatic N) is 1. The third-order valence-electron chi connectivity index (χ3n) is 2.59. The number of ether oxygens (including phenoxy) is 2. The van der Waals surface area contributed by atoms with Gasteiger partial charge in [0.05, 0.1) is 12.0 Å². The van der Waals surface area contributed by atoms with E-state index < -0.39 is 0 Å². The van der Waals surface area contributed by atoms with E-state index in [9.17, 15) is 4.79 Å². The van der Waals surface area contributed by atoms with Crippen LogP contribution in [0.25, 0.3) is 0 Å². The number of carbonyl (C=O) groups is 1.